The van der Waals surface area contributed by atoms with E-state index in [-0.39, 0.29) is 28.7 Å². The number of benzene rings is 1. The fraction of sp³-hybridized carbons (Fsp3) is 0.385. The highest BCUT2D eigenvalue weighted by Gasteiger charge is 2.37. The molecule has 7 nitrogen and oxygen atoms in total. The lowest BCUT2D eigenvalue weighted by molar-refractivity contribution is -0.124. The number of nitrogens with zero attached hydrogens (tertiary/aromatic N) is 2. The van der Waals surface area contributed by atoms with Gasteiger partial charge in [-0.1, -0.05) is 12.1 Å². The Labute approximate surface area is 217 Å². The van der Waals surface area contributed by atoms with Gasteiger partial charge < -0.3 is 15.3 Å². The molecule has 1 aliphatic rings. The van der Waals surface area contributed by atoms with Crippen LogP contribution < -0.4 is 10.2 Å². The number of amides is 2. The summed E-state index contributed by atoms with van der Waals surface area (Å²) in [4.78, 5) is 44.2. The van der Waals surface area contributed by atoms with E-state index >= 15 is 0 Å². The number of alkyl halides is 1. The van der Waals surface area contributed by atoms with E-state index in [2.05, 4.69) is 10.3 Å². The van der Waals surface area contributed by atoms with Crippen LogP contribution in [0.25, 0.3) is 10.4 Å². The molecule has 0 unspecified atom stereocenters. The Morgan fingerprint density at radius 2 is 1.86 bits per heavy atom. The molecule has 2 amide bonds. The van der Waals surface area contributed by atoms with Gasteiger partial charge in [-0.15, -0.1) is 22.7 Å². The van der Waals surface area contributed by atoms with Gasteiger partial charge in [0.1, 0.15) is 16.2 Å². The first-order valence-corrected chi connectivity index (χ1v) is 13.5. The van der Waals surface area contributed by atoms with Gasteiger partial charge in [-0.2, -0.15) is 0 Å². The summed E-state index contributed by atoms with van der Waals surface area (Å²) < 4.78 is 14.3. The Morgan fingerprint density at radius 1 is 1.19 bits per heavy atom. The zero-order chi connectivity index (χ0) is 26.0. The Hall–Kier alpha value is -3.11. The van der Waals surface area contributed by atoms with Crippen molar-refractivity contribution in [2.75, 3.05) is 10.2 Å². The number of carboxylic acid groups (broad SMARTS) is 1. The molecule has 0 radical (unpaired) electrons. The number of thiophene rings is 1. The first-order valence-electron chi connectivity index (χ1n) is 11.7. The lowest BCUT2D eigenvalue weighted by Gasteiger charge is -2.35. The van der Waals surface area contributed by atoms with Gasteiger partial charge in [-0.3, -0.25) is 9.59 Å². The Balaban J connectivity index is 1.59. The molecule has 0 aliphatic heterocycles. The van der Waals surface area contributed by atoms with Crippen LogP contribution in [0.4, 0.5) is 15.8 Å². The van der Waals surface area contributed by atoms with Gasteiger partial charge in [0.25, 0.3) is 5.91 Å². The van der Waals surface area contributed by atoms with Crippen molar-refractivity contribution in [2.45, 2.75) is 58.2 Å². The summed E-state index contributed by atoms with van der Waals surface area (Å²) in [6, 6.07) is 8.53. The number of rotatable bonds is 7. The standard InChI is InChI=1S/C26H28FN3O4S2/c1-15(2)30(24(32)17-8-10-26(3,27)11-9-17)20-12-21(36-22(20)25(33)34)16-4-6-18(7-5-16)29-23(31)19-13-35-14-28-19/h4-7,12-15,17H,8-11H2,1-3H3,(H,29,31)(H,33,34)/t17-,26+. The minimum absolute atomic E-state index is 0.0825. The molecule has 2 N–H and O–H groups in total. The number of hydrogen-bond donors (Lipinski definition) is 2. The van der Waals surface area contributed by atoms with Crippen LogP contribution in [-0.2, 0) is 4.79 Å². The van der Waals surface area contributed by atoms with Gasteiger partial charge in [0.15, 0.2) is 0 Å². The topological polar surface area (TPSA) is 99.6 Å². The van der Waals surface area contributed by atoms with Crippen molar-refractivity contribution in [3.8, 4) is 10.4 Å². The van der Waals surface area contributed by atoms with Crippen LogP contribution in [0.5, 0.6) is 0 Å². The fourth-order valence-corrected chi connectivity index (χ4v) is 5.93. The second kappa shape index (κ2) is 10.5. The summed E-state index contributed by atoms with van der Waals surface area (Å²) >= 11 is 2.43. The number of aromatic carboxylic acids is 1. The van der Waals surface area contributed by atoms with Crippen molar-refractivity contribution in [1.29, 1.82) is 0 Å². The third kappa shape index (κ3) is 5.65. The van der Waals surface area contributed by atoms with Crippen molar-refractivity contribution >= 4 is 51.8 Å². The van der Waals surface area contributed by atoms with E-state index in [0.717, 1.165) is 16.9 Å². The quantitative estimate of drug-likeness (QED) is 0.365. The molecule has 1 saturated carbocycles. The summed E-state index contributed by atoms with van der Waals surface area (Å²) in [5.74, 6) is -1.90. The molecular weight excluding hydrogens is 501 g/mol. The fourth-order valence-electron chi connectivity index (χ4n) is 4.41. The lowest BCUT2D eigenvalue weighted by atomic mass is 9.80. The largest absolute Gasteiger partial charge is 0.477 e. The average Bonchev–Trinajstić information content (AvgIpc) is 3.50. The van der Waals surface area contributed by atoms with Crippen LogP contribution in [0.2, 0.25) is 0 Å². The van der Waals surface area contributed by atoms with Gasteiger partial charge in [0.2, 0.25) is 5.91 Å². The summed E-state index contributed by atoms with van der Waals surface area (Å²) in [5.41, 5.74) is 2.38. The number of carboxylic acids is 1. The summed E-state index contributed by atoms with van der Waals surface area (Å²) in [7, 11) is 0. The number of halogens is 1. The van der Waals surface area contributed by atoms with E-state index in [4.69, 9.17) is 0 Å². The number of carbonyl (C=O) groups excluding carboxylic acids is 2. The van der Waals surface area contributed by atoms with Crippen LogP contribution in [0.1, 0.15) is 66.6 Å². The zero-order valence-electron chi connectivity index (χ0n) is 20.3. The molecule has 0 spiro atoms. The highest BCUT2D eigenvalue weighted by atomic mass is 32.1. The highest BCUT2D eigenvalue weighted by Crippen LogP contribution is 2.41. The maximum atomic E-state index is 14.3. The smallest absolute Gasteiger partial charge is 0.348 e. The molecular formula is C26H28FN3O4S2. The zero-order valence-corrected chi connectivity index (χ0v) is 21.9. The molecule has 2 aromatic heterocycles. The number of aromatic nitrogens is 1. The van der Waals surface area contributed by atoms with Crippen molar-refractivity contribution < 1.29 is 23.9 Å². The molecule has 0 bridgehead atoms. The molecule has 0 atom stereocenters. The molecule has 1 aliphatic carbocycles. The van der Waals surface area contributed by atoms with E-state index < -0.39 is 11.6 Å². The summed E-state index contributed by atoms with van der Waals surface area (Å²) in [5, 5.41) is 14.4. The molecule has 2 heterocycles. The lowest BCUT2D eigenvalue weighted by Crippen LogP contribution is -2.43. The first kappa shape index (κ1) is 26.0. The van der Waals surface area contributed by atoms with Crippen LogP contribution in [0, 0.1) is 5.92 Å². The van der Waals surface area contributed by atoms with Crippen molar-refractivity contribution in [1.82, 2.24) is 4.98 Å². The van der Waals surface area contributed by atoms with Gasteiger partial charge >= 0.3 is 5.97 Å². The van der Waals surface area contributed by atoms with Gasteiger partial charge in [0.05, 0.1) is 11.2 Å². The number of carbonyl (C=O) groups is 3. The van der Waals surface area contributed by atoms with Crippen LogP contribution >= 0.6 is 22.7 Å². The second-order valence-electron chi connectivity index (χ2n) is 9.52. The maximum absolute atomic E-state index is 14.3. The monoisotopic (exact) mass is 529 g/mol. The Morgan fingerprint density at radius 3 is 2.42 bits per heavy atom. The number of nitrogens with one attached hydrogen (secondary N) is 1. The van der Waals surface area contributed by atoms with Gasteiger partial charge in [-0.05, 0) is 70.2 Å². The van der Waals surface area contributed by atoms with E-state index in [9.17, 15) is 23.9 Å². The minimum Gasteiger partial charge on any atom is -0.477 e. The SMILES string of the molecule is CC(C)N(c1cc(-c2ccc(NC(=O)c3cscn3)cc2)sc1C(=O)O)C(=O)[C@H]1CC[C@@](C)(F)CC1. The Kier molecular flexibility index (Phi) is 7.56. The van der Waals surface area contributed by atoms with Crippen LogP contribution in [-0.4, -0.2) is 39.6 Å². The van der Waals surface area contributed by atoms with E-state index in [1.165, 1.54) is 11.3 Å². The van der Waals surface area contributed by atoms with Gasteiger partial charge in [-0.25, -0.2) is 14.2 Å². The first-order chi connectivity index (χ1) is 17.1. The summed E-state index contributed by atoms with van der Waals surface area (Å²) in [6.07, 6.45) is 1.54. The molecule has 36 heavy (non-hydrogen) atoms. The maximum Gasteiger partial charge on any atom is 0.348 e. The predicted octanol–water partition coefficient (Wildman–Crippen LogP) is 6.48. The average molecular weight is 530 g/mol. The molecule has 3 aromatic rings. The normalized spacial score (nSPS) is 19.8. The minimum atomic E-state index is -1.26. The Bertz CT molecular complexity index is 1240. The molecule has 10 heteroatoms. The highest BCUT2D eigenvalue weighted by molar-refractivity contribution is 7.18. The van der Waals surface area contributed by atoms with E-state index in [1.807, 2.05) is 13.8 Å². The predicted molar refractivity (Wildman–Crippen MR) is 141 cm³/mol. The number of thiazole rings is 1. The van der Waals surface area contributed by atoms with Crippen molar-refractivity contribution in [3.63, 3.8) is 0 Å². The van der Waals surface area contributed by atoms with Crippen molar-refractivity contribution in [2.24, 2.45) is 5.92 Å². The van der Waals surface area contributed by atoms with Crippen molar-refractivity contribution in [3.05, 3.63) is 51.8 Å². The van der Waals surface area contributed by atoms with Gasteiger partial charge in [0, 0.05) is 27.9 Å². The number of hydrogen-bond acceptors (Lipinski definition) is 6. The van der Waals surface area contributed by atoms with E-state index in [0.29, 0.717) is 47.6 Å². The molecule has 0 saturated heterocycles. The third-order valence-electron chi connectivity index (χ3n) is 6.39. The molecule has 4 rings (SSSR count). The van der Waals surface area contributed by atoms with Crippen LogP contribution in [0.15, 0.2) is 41.2 Å². The second-order valence-corrected chi connectivity index (χ2v) is 11.3. The molecule has 1 fully saturated rings. The van der Waals surface area contributed by atoms with E-state index in [1.54, 1.807) is 53.0 Å². The third-order valence-corrected chi connectivity index (χ3v) is 8.14. The molecule has 190 valence electrons. The number of anilines is 2. The summed E-state index contributed by atoms with van der Waals surface area (Å²) in [6.45, 7) is 5.27. The van der Waals surface area contributed by atoms with Crippen LogP contribution in [0.3, 0.4) is 0 Å². The molecule has 1 aromatic carbocycles.